The van der Waals surface area contributed by atoms with Gasteiger partial charge >= 0.3 is 0 Å². The number of hydrogen-bond donors (Lipinski definition) is 2. The van der Waals surface area contributed by atoms with Crippen molar-refractivity contribution in [2.45, 2.75) is 26.7 Å². The van der Waals surface area contributed by atoms with Crippen LogP contribution in [-0.4, -0.2) is 49.9 Å². The van der Waals surface area contributed by atoms with E-state index in [0.717, 1.165) is 24.3 Å². The Balaban J connectivity index is 1.78. The lowest BCUT2D eigenvalue weighted by atomic mass is 10.0. The van der Waals surface area contributed by atoms with Crippen molar-refractivity contribution in [1.29, 1.82) is 0 Å². The summed E-state index contributed by atoms with van der Waals surface area (Å²) in [6.07, 6.45) is 2.44. The zero-order valence-corrected chi connectivity index (χ0v) is 14.4. The van der Waals surface area contributed by atoms with E-state index >= 15 is 0 Å². The fourth-order valence-electron chi connectivity index (χ4n) is 3.05. The zero-order valence-electron chi connectivity index (χ0n) is 14.4. The number of likely N-dealkylation sites (N-methyl/N-ethyl adjacent to an activating group) is 1. The molecular formula is C18H28N3O2+. The summed E-state index contributed by atoms with van der Waals surface area (Å²) in [6.45, 7) is 6.92. The van der Waals surface area contributed by atoms with Crippen LogP contribution in [0.4, 0.5) is 5.69 Å². The van der Waals surface area contributed by atoms with Gasteiger partial charge in [0.15, 0.2) is 6.54 Å². The highest BCUT2D eigenvalue weighted by molar-refractivity contribution is 5.94. The van der Waals surface area contributed by atoms with Gasteiger partial charge in [0.1, 0.15) is 0 Å². The molecule has 126 valence electrons. The minimum Gasteiger partial charge on any atom is -0.332 e. The molecule has 1 aromatic rings. The average molecular weight is 318 g/mol. The molecule has 2 atom stereocenters. The van der Waals surface area contributed by atoms with Crippen LogP contribution in [-0.2, 0) is 9.59 Å². The van der Waals surface area contributed by atoms with Crippen molar-refractivity contribution >= 4 is 17.5 Å². The molecule has 2 rings (SSSR count). The number of quaternary nitrogens is 1. The molecular weight excluding hydrogens is 290 g/mol. The zero-order chi connectivity index (χ0) is 16.8. The summed E-state index contributed by atoms with van der Waals surface area (Å²) in [4.78, 5) is 27.2. The Kier molecular flexibility index (Phi) is 6.16. The van der Waals surface area contributed by atoms with Gasteiger partial charge < -0.3 is 15.1 Å². The summed E-state index contributed by atoms with van der Waals surface area (Å²) in [7, 11) is 1.70. The quantitative estimate of drug-likeness (QED) is 0.840. The Morgan fingerprint density at radius 3 is 2.65 bits per heavy atom. The molecule has 5 nitrogen and oxygen atoms in total. The van der Waals surface area contributed by atoms with Crippen molar-refractivity contribution in [3.63, 3.8) is 0 Å². The Morgan fingerprint density at radius 1 is 1.30 bits per heavy atom. The van der Waals surface area contributed by atoms with Crippen molar-refractivity contribution in [3.8, 4) is 0 Å². The molecule has 1 saturated heterocycles. The van der Waals surface area contributed by atoms with Gasteiger partial charge in [-0.25, -0.2) is 0 Å². The van der Waals surface area contributed by atoms with E-state index in [1.165, 1.54) is 22.6 Å². The molecule has 5 heteroatoms. The SMILES string of the molecule is Cc1ccc(NC(=O)CN(C)C(=O)C[NH+]2CCC[C@H](C)C2)cc1. The first-order chi connectivity index (χ1) is 10.9. The minimum atomic E-state index is -0.160. The molecule has 1 unspecified atom stereocenters. The van der Waals surface area contributed by atoms with E-state index < -0.39 is 0 Å². The number of rotatable bonds is 5. The normalized spacial score (nSPS) is 20.8. The standard InChI is InChI=1S/C18H27N3O2/c1-14-6-8-16(9-7-14)19-17(22)12-20(3)18(23)13-21-10-4-5-15(2)11-21/h6-9,15H,4-5,10-13H2,1-3H3,(H,19,22)/p+1/t15-/m0/s1. The van der Waals surface area contributed by atoms with Crippen LogP contribution in [0.1, 0.15) is 25.3 Å². The first-order valence-electron chi connectivity index (χ1n) is 8.38. The van der Waals surface area contributed by atoms with Gasteiger partial charge in [0.2, 0.25) is 5.91 Å². The highest BCUT2D eigenvalue weighted by Crippen LogP contribution is 2.08. The van der Waals surface area contributed by atoms with Gasteiger partial charge in [-0.3, -0.25) is 9.59 Å². The molecule has 0 spiro atoms. The number of carbonyl (C=O) groups is 2. The van der Waals surface area contributed by atoms with Gasteiger partial charge in [-0.2, -0.15) is 0 Å². The van der Waals surface area contributed by atoms with Crippen LogP contribution < -0.4 is 10.2 Å². The summed E-state index contributed by atoms with van der Waals surface area (Å²) in [5.41, 5.74) is 1.91. The van der Waals surface area contributed by atoms with Gasteiger partial charge in [0.25, 0.3) is 5.91 Å². The van der Waals surface area contributed by atoms with Crippen LogP contribution in [0, 0.1) is 12.8 Å². The molecule has 1 aliphatic heterocycles. The number of nitrogens with zero attached hydrogens (tertiary/aromatic N) is 1. The predicted octanol–water partition coefficient (Wildman–Crippen LogP) is 0.707. The monoisotopic (exact) mass is 318 g/mol. The number of amides is 2. The van der Waals surface area contributed by atoms with E-state index in [0.29, 0.717) is 12.5 Å². The molecule has 1 heterocycles. The largest absolute Gasteiger partial charge is 0.332 e. The smallest absolute Gasteiger partial charge is 0.277 e. The lowest BCUT2D eigenvalue weighted by Gasteiger charge is -2.28. The molecule has 1 aromatic carbocycles. The number of piperidine rings is 1. The second-order valence-electron chi connectivity index (χ2n) is 6.79. The van der Waals surface area contributed by atoms with E-state index in [1.54, 1.807) is 7.05 Å². The summed E-state index contributed by atoms with van der Waals surface area (Å²) in [6, 6.07) is 7.64. The first kappa shape index (κ1) is 17.5. The number of benzene rings is 1. The van der Waals surface area contributed by atoms with E-state index in [2.05, 4.69) is 12.2 Å². The highest BCUT2D eigenvalue weighted by Gasteiger charge is 2.24. The fourth-order valence-corrected chi connectivity index (χ4v) is 3.05. The van der Waals surface area contributed by atoms with E-state index in [9.17, 15) is 9.59 Å². The number of nitrogens with one attached hydrogen (secondary N) is 2. The van der Waals surface area contributed by atoms with Crippen LogP contribution in [0.15, 0.2) is 24.3 Å². The van der Waals surface area contributed by atoms with E-state index in [4.69, 9.17) is 0 Å². The molecule has 23 heavy (non-hydrogen) atoms. The summed E-state index contributed by atoms with van der Waals surface area (Å²) in [5, 5.41) is 2.83. The average Bonchev–Trinajstić information content (AvgIpc) is 2.49. The molecule has 1 fully saturated rings. The van der Waals surface area contributed by atoms with Crippen molar-refractivity contribution < 1.29 is 14.5 Å². The Labute approximate surface area is 138 Å². The molecule has 1 aliphatic rings. The Hall–Kier alpha value is -1.88. The van der Waals surface area contributed by atoms with Crippen LogP contribution in [0.2, 0.25) is 0 Å². The molecule has 2 N–H and O–H groups in total. The number of likely N-dealkylation sites (tertiary alicyclic amines) is 1. The molecule has 0 saturated carbocycles. The second-order valence-corrected chi connectivity index (χ2v) is 6.79. The van der Waals surface area contributed by atoms with E-state index in [1.807, 2.05) is 31.2 Å². The third-order valence-corrected chi connectivity index (χ3v) is 4.41. The maximum atomic E-state index is 12.3. The Morgan fingerprint density at radius 2 is 2.00 bits per heavy atom. The number of aryl methyl sites for hydroxylation is 1. The maximum Gasteiger partial charge on any atom is 0.277 e. The van der Waals surface area contributed by atoms with Gasteiger partial charge in [-0.05, 0) is 31.9 Å². The number of anilines is 1. The molecule has 0 aliphatic carbocycles. The van der Waals surface area contributed by atoms with Crippen molar-refractivity contribution in [3.05, 3.63) is 29.8 Å². The van der Waals surface area contributed by atoms with Crippen LogP contribution >= 0.6 is 0 Å². The van der Waals surface area contributed by atoms with Gasteiger partial charge in [-0.1, -0.05) is 24.6 Å². The van der Waals surface area contributed by atoms with Crippen molar-refractivity contribution in [2.75, 3.05) is 38.5 Å². The molecule has 2 amide bonds. The maximum absolute atomic E-state index is 12.3. The molecule has 0 bridgehead atoms. The third-order valence-electron chi connectivity index (χ3n) is 4.41. The second kappa shape index (κ2) is 8.11. The number of carbonyl (C=O) groups excluding carboxylic acids is 2. The lowest BCUT2D eigenvalue weighted by Crippen LogP contribution is -3.14. The predicted molar refractivity (Wildman–Crippen MR) is 91.4 cm³/mol. The Bertz CT molecular complexity index is 542. The van der Waals surface area contributed by atoms with Crippen LogP contribution in [0.3, 0.4) is 0 Å². The molecule has 0 radical (unpaired) electrons. The topological polar surface area (TPSA) is 53.9 Å². The van der Waals surface area contributed by atoms with Crippen LogP contribution in [0.25, 0.3) is 0 Å². The van der Waals surface area contributed by atoms with E-state index in [-0.39, 0.29) is 18.4 Å². The minimum absolute atomic E-state index is 0.0353. The fraction of sp³-hybridized carbons (Fsp3) is 0.556. The third kappa shape index (κ3) is 5.67. The van der Waals surface area contributed by atoms with Gasteiger partial charge in [0.05, 0.1) is 19.6 Å². The van der Waals surface area contributed by atoms with Gasteiger partial charge in [0, 0.05) is 18.7 Å². The number of hydrogen-bond acceptors (Lipinski definition) is 2. The van der Waals surface area contributed by atoms with Gasteiger partial charge in [-0.15, -0.1) is 0 Å². The first-order valence-corrected chi connectivity index (χ1v) is 8.38. The molecule has 0 aromatic heterocycles. The summed E-state index contributed by atoms with van der Waals surface area (Å²) < 4.78 is 0. The summed E-state index contributed by atoms with van der Waals surface area (Å²) in [5.74, 6) is 0.557. The van der Waals surface area contributed by atoms with Crippen molar-refractivity contribution in [1.82, 2.24) is 4.90 Å². The van der Waals surface area contributed by atoms with Crippen molar-refractivity contribution in [2.24, 2.45) is 5.92 Å². The highest BCUT2D eigenvalue weighted by atomic mass is 16.2. The van der Waals surface area contributed by atoms with Crippen LogP contribution in [0.5, 0.6) is 0 Å². The summed E-state index contributed by atoms with van der Waals surface area (Å²) >= 11 is 0. The lowest BCUT2D eigenvalue weighted by molar-refractivity contribution is -0.900.